The SMILES string of the molecule is O=C1NC(=O)N(c2ccc(C(=O)O)cc2)C(=O)/C1=C/c1ccccc1OCc1cccc(F)c1. The van der Waals surface area contributed by atoms with E-state index in [4.69, 9.17) is 9.84 Å². The highest BCUT2D eigenvalue weighted by molar-refractivity contribution is 6.39. The number of urea groups is 1. The van der Waals surface area contributed by atoms with E-state index < -0.39 is 29.6 Å². The Balaban J connectivity index is 1.63. The summed E-state index contributed by atoms with van der Waals surface area (Å²) in [4.78, 5) is 49.7. The van der Waals surface area contributed by atoms with E-state index in [2.05, 4.69) is 5.32 Å². The molecule has 1 fully saturated rings. The van der Waals surface area contributed by atoms with Crippen molar-refractivity contribution in [3.05, 3.63) is 101 Å². The molecule has 1 aliphatic rings. The maximum absolute atomic E-state index is 13.4. The fraction of sp³-hybridized carbons (Fsp3) is 0.0400. The zero-order valence-electron chi connectivity index (χ0n) is 17.5. The van der Waals surface area contributed by atoms with E-state index in [1.54, 1.807) is 36.4 Å². The van der Waals surface area contributed by atoms with E-state index in [0.29, 0.717) is 16.9 Å². The van der Waals surface area contributed by atoms with Gasteiger partial charge in [-0.1, -0.05) is 30.3 Å². The number of amides is 4. The molecule has 1 saturated heterocycles. The Morgan fingerprint density at radius 3 is 2.44 bits per heavy atom. The minimum absolute atomic E-state index is 0.0233. The van der Waals surface area contributed by atoms with Crippen LogP contribution in [0.4, 0.5) is 14.9 Å². The van der Waals surface area contributed by atoms with E-state index >= 15 is 0 Å². The van der Waals surface area contributed by atoms with Crippen LogP contribution in [0.1, 0.15) is 21.5 Å². The second-order valence-electron chi connectivity index (χ2n) is 7.27. The largest absolute Gasteiger partial charge is 0.488 e. The van der Waals surface area contributed by atoms with Gasteiger partial charge in [0.15, 0.2) is 0 Å². The van der Waals surface area contributed by atoms with Gasteiger partial charge in [0.05, 0.1) is 11.3 Å². The standard InChI is InChI=1S/C25H17FN2O6/c26-18-6-3-4-15(12-18)14-34-21-7-2-1-5-17(21)13-20-22(29)27-25(33)28(23(20)30)19-10-8-16(9-11-19)24(31)32/h1-13H,14H2,(H,31,32)(H,27,29,33)/b20-13+. The number of para-hydroxylation sites is 1. The van der Waals surface area contributed by atoms with E-state index in [1.807, 2.05) is 0 Å². The molecule has 9 heteroatoms. The Hall–Kier alpha value is -4.79. The van der Waals surface area contributed by atoms with E-state index in [1.165, 1.54) is 42.5 Å². The molecule has 4 amide bonds. The monoisotopic (exact) mass is 460 g/mol. The number of carboxylic acid groups (broad SMARTS) is 1. The molecule has 8 nitrogen and oxygen atoms in total. The van der Waals surface area contributed by atoms with Gasteiger partial charge in [0.1, 0.15) is 23.7 Å². The van der Waals surface area contributed by atoms with Crippen molar-refractivity contribution in [1.29, 1.82) is 0 Å². The lowest BCUT2D eigenvalue weighted by atomic mass is 10.1. The zero-order chi connectivity index (χ0) is 24.2. The first kappa shape index (κ1) is 22.4. The molecule has 2 N–H and O–H groups in total. The van der Waals surface area contributed by atoms with Crippen molar-refractivity contribution >= 4 is 35.6 Å². The van der Waals surface area contributed by atoms with Crippen molar-refractivity contribution < 1.29 is 33.4 Å². The summed E-state index contributed by atoms with van der Waals surface area (Å²) in [5.41, 5.74) is 0.749. The van der Waals surface area contributed by atoms with Crippen LogP contribution in [0.5, 0.6) is 5.75 Å². The van der Waals surface area contributed by atoms with Gasteiger partial charge >= 0.3 is 12.0 Å². The van der Waals surface area contributed by atoms with Crippen LogP contribution >= 0.6 is 0 Å². The summed E-state index contributed by atoms with van der Waals surface area (Å²) in [6.07, 6.45) is 1.30. The molecule has 0 aromatic heterocycles. The quantitative estimate of drug-likeness (QED) is 0.428. The smallest absolute Gasteiger partial charge is 0.335 e. The van der Waals surface area contributed by atoms with Crippen molar-refractivity contribution in [2.24, 2.45) is 0 Å². The van der Waals surface area contributed by atoms with Crippen molar-refractivity contribution in [2.75, 3.05) is 4.90 Å². The highest BCUT2D eigenvalue weighted by Gasteiger charge is 2.37. The molecular weight excluding hydrogens is 443 g/mol. The number of carbonyl (C=O) groups excluding carboxylic acids is 3. The number of nitrogens with zero attached hydrogens (tertiary/aromatic N) is 1. The van der Waals surface area contributed by atoms with Crippen LogP contribution in [0.25, 0.3) is 6.08 Å². The second kappa shape index (κ2) is 9.37. The number of carbonyl (C=O) groups is 4. The Morgan fingerprint density at radius 1 is 1.00 bits per heavy atom. The number of carboxylic acids is 1. The van der Waals surface area contributed by atoms with Crippen LogP contribution in [0.3, 0.4) is 0 Å². The fourth-order valence-electron chi connectivity index (χ4n) is 3.32. The molecule has 0 spiro atoms. The maximum Gasteiger partial charge on any atom is 0.335 e. The number of hydrogen-bond acceptors (Lipinski definition) is 5. The van der Waals surface area contributed by atoms with Gasteiger partial charge in [0.25, 0.3) is 11.8 Å². The molecule has 0 bridgehead atoms. The molecule has 0 unspecified atom stereocenters. The van der Waals surface area contributed by atoms with Gasteiger partial charge in [-0.25, -0.2) is 18.9 Å². The van der Waals surface area contributed by atoms with Gasteiger partial charge in [0, 0.05) is 5.56 Å². The van der Waals surface area contributed by atoms with Crippen LogP contribution in [-0.2, 0) is 16.2 Å². The average Bonchev–Trinajstić information content (AvgIpc) is 2.81. The Morgan fingerprint density at radius 2 is 1.74 bits per heavy atom. The third-order valence-electron chi connectivity index (χ3n) is 4.98. The van der Waals surface area contributed by atoms with Gasteiger partial charge in [-0.3, -0.25) is 14.9 Å². The zero-order valence-corrected chi connectivity index (χ0v) is 17.5. The predicted octanol–water partition coefficient (Wildman–Crippen LogP) is 3.77. The van der Waals surface area contributed by atoms with Crippen LogP contribution in [0, 0.1) is 5.82 Å². The molecule has 170 valence electrons. The molecule has 0 aliphatic carbocycles. The number of imide groups is 2. The van der Waals surface area contributed by atoms with Gasteiger partial charge in [-0.2, -0.15) is 0 Å². The number of aromatic carboxylic acids is 1. The number of ether oxygens (including phenoxy) is 1. The maximum atomic E-state index is 13.4. The molecule has 1 heterocycles. The summed E-state index contributed by atoms with van der Waals surface area (Å²) in [6, 6.07) is 16.7. The molecular formula is C25H17FN2O6. The lowest BCUT2D eigenvalue weighted by Crippen LogP contribution is -2.54. The average molecular weight is 460 g/mol. The fourth-order valence-corrected chi connectivity index (χ4v) is 3.32. The van der Waals surface area contributed by atoms with E-state index in [9.17, 15) is 23.6 Å². The van der Waals surface area contributed by atoms with Crippen LogP contribution in [-0.4, -0.2) is 28.9 Å². The number of nitrogens with one attached hydrogen (secondary N) is 1. The summed E-state index contributed by atoms with van der Waals surface area (Å²) in [5.74, 6) is -2.98. The van der Waals surface area contributed by atoms with Crippen molar-refractivity contribution in [1.82, 2.24) is 5.32 Å². The predicted molar refractivity (Wildman–Crippen MR) is 120 cm³/mol. The topological polar surface area (TPSA) is 113 Å². The third-order valence-corrected chi connectivity index (χ3v) is 4.98. The van der Waals surface area contributed by atoms with Crippen molar-refractivity contribution in [3.63, 3.8) is 0 Å². The molecule has 3 aromatic carbocycles. The van der Waals surface area contributed by atoms with Gasteiger partial charge < -0.3 is 9.84 Å². The Bertz CT molecular complexity index is 1330. The number of barbiturate groups is 1. The van der Waals surface area contributed by atoms with Crippen LogP contribution in [0.15, 0.2) is 78.4 Å². The molecule has 0 saturated carbocycles. The van der Waals surface area contributed by atoms with E-state index in [0.717, 1.165) is 4.90 Å². The number of anilines is 1. The van der Waals surface area contributed by atoms with Crippen LogP contribution in [0.2, 0.25) is 0 Å². The van der Waals surface area contributed by atoms with Gasteiger partial charge in [0.2, 0.25) is 0 Å². The van der Waals surface area contributed by atoms with E-state index in [-0.39, 0.29) is 23.4 Å². The molecule has 3 aromatic rings. The lowest BCUT2D eigenvalue weighted by molar-refractivity contribution is -0.122. The van der Waals surface area contributed by atoms with Gasteiger partial charge in [-0.15, -0.1) is 0 Å². The highest BCUT2D eigenvalue weighted by atomic mass is 19.1. The first-order valence-electron chi connectivity index (χ1n) is 10.0. The summed E-state index contributed by atoms with van der Waals surface area (Å²) < 4.78 is 19.2. The summed E-state index contributed by atoms with van der Waals surface area (Å²) in [6.45, 7) is 0.0542. The lowest BCUT2D eigenvalue weighted by Gasteiger charge is -2.26. The van der Waals surface area contributed by atoms with Crippen molar-refractivity contribution in [3.8, 4) is 5.75 Å². The van der Waals surface area contributed by atoms with Crippen molar-refractivity contribution in [2.45, 2.75) is 6.61 Å². The number of halogens is 1. The normalized spacial score (nSPS) is 14.8. The van der Waals surface area contributed by atoms with Gasteiger partial charge in [-0.05, 0) is 54.1 Å². The molecule has 0 radical (unpaired) electrons. The summed E-state index contributed by atoms with van der Waals surface area (Å²) in [5, 5.41) is 11.2. The minimum Gasteiger partial charge on any atom is -0.488 e. The molecule has 4 rings (SSSR count). The summed E-state index contributed by atoms with van der Waals surface area (Å²) in [7, 11) is 0. The molecule has 0 atom stereocenters. The molecule has 1 aliphatic heterocycles. The number of rotatable bonds is 6. The molecule has 34 heavy (non-hydrogen) atoms. The second-order valence-corrected chi connectivity index (χ2v) is 7.27. The summed E-state index contributed by atoms with van der Waals surface area (Å²) >= 11 is 0. The third kappa shape index (κ3) is 4.68. The first-order chi connectivity index (χ1) is 16.3. The number of hydrogen-bond donors (Lipinski definition) is 2. The number of benzene rings is 3. The Kier molecular flexibility index (Phi) is 6.18. The highest BCUT2D eigenvalue weighted by Crippen LogP contribution is 2.26. The first-order valence-corrected chi connectivity index (χ1v) is 10.0. The minimum atomic E-state index is -1.16. The van der Waals surface area contributed by atoms with Crippen LogP contribution < -0.4 is 15.0 Å². The Labute approximate surface area is 192 Å².